The summed E-state index contributed by atoms with van der Waals surface area (Å²) in [6.45, 7) is 4.64. The maximum absolute atomic E-state index is 13.0. The van der Waals surface area contributed by atoms with Crippen LogP contribution in [-0.2, 0) is 30.4 Å². The molecule has 0 saturated carbocycles. The molecular formula is C21H34N6O8. The molecule has 0 radical (unpaired) electrons. The Bertz CT molecular complexity index is 875. The fourth-order valence-electron chi connectivity index (χ4n) is 3.10. The van der Waals surface area contributed by atoms with Crippen LogP contribution in [0.5, 0.6) is 0 Å². The standard InChI is InChI=1S/C21H34N6O8/c1-4-10(2)16(21(34)35)26-20(33)17(11(3)28)27-19(32)14(7-12-8-23-9-24-12)25-18(31)13(22)5-6-15(29)30/h8-11,13-14,16-17,28H,4-7,22H2,1-3H3,(H,23,24)(H,25,31)(H,26,33)(H,27,32)(H,29,30)(H,34,35). The molecule has 0 aliphatic heterocycles. The monoisotopic (exact) mass is 498 g/mol. The van der Waals surface area contributed by atoms with Crippen molar-refractivity contribution in [2.24, 2.45) is 11.7 Å². The van der Waals surface area contributed by atoms with Crippen LogP contribution in [-0.4, -0.2) is 85.2 Å². The largest absolute Gasteiger partial charge is 0.481 e. The zero-order valence-electron chi connectivity index (χ0n) is 19.9. The highest BCUT2D eigenvalue weighted by atomic mass is 16.4. The van der Waals surface area contributed by atoms with E-state index in [9.17, 15) is 34.2 Å². The SMILES string of the molecule is CCC(C)C(NC(=O)C(NC(=O)C(Cc1cnc[nH]1)NC(=O)C(N)CCC(=O)O)C(C)O)C(=O)O. The lowest BCUT2D eigenvalue weighted by molar-refractivity contribution is -0.144. The second-order valence-corrected chi connectivity index (χ2v) is 8.32. The number of aromatic amines is 1. The molecule has 0 aliphatic carbocycles. The molecular weight excluding hydrogens is 464 g/mol. The van der Waals surface area contributed by atoms with Crippen LogP contribution in [0, 0.1) is 5.92 Å². The molecule has 6 unspecified atom stereocenters. The van der Waals surface area contributed by atoms with Gasteiger partial charge in [-0.2, -0.15) is 0 Å². The summed E-state index contributed by atoms with van der Waals surface area (Å²) in [5, 5.41) is 35.4. The van der Waals surface area contributed by atoms with Crippen molar-refractivity contribution in [2.45, 2.75) is 76.7 Å². The number of imidazole rings is 1. The molecule has 35 heavy (non-hydrogen) atoms. The minimum absolute atomic E-state index is 0.0814. The van der Waals surface area contributed by atoms with E-state index < -0.39 is 65.8 Å². The molecule has 1 heterocycles. The summed E-state index contributed by atoms with van der Waals surface area (Å²) in [6, 6.07) is -5.22. The van der Waals surface area contributed by atoms with E-state index in [1.807, 2.05) is 0 Å². The number of aliphatic hydroxyl groups is 1. The molecule has 0 saturated heterocycles. The number of aliphatic hydroxyl groups excluding tert-OH is 1. The Labute approximate surface area is 202 Å². The highest BCUT2D eigenvalue weighted by Gasteiger charge is 2.34. The molecule has 14 nitrogen and oxygen atoms in total. The molecule has 6 atom stereocenters. The smallest absolute Gasteiger partial charge is 0.326 e. The van der Waals surface area contributed by atoms with Crippen molar-refractivity contribution in [3.05, 3.63) is 18.2 Å². The third kappa shape index (κ3) is 9.70. The number of H-pyrrole nitrogens is 1. The van der Waals surface area contributed by atoms with Gasteiger partial charge in [0.2, 0.25) is 17.7 Å². The van der Waals surface area contributed by atoms with Gasteiger partial charge < -0.3 is 42.0 Å². The second-order valence-electron chi connectivity index (χ2n) is 8.32. The summed E-state index contributed by atoms with van der Waals surface area (Å²) in [5.74, 6) is -5.36. The van der Waals surface area contributed by atoms with Gasteiger partial charge in [0.1, 0.15) is 18.1 Å². The molecule has 196 valence electrons. The Morgan fingerprint density at radius 1 is 1.03 bits per heavy atom. The summed E-state index contributed by atoms with van der Waals surface area (Å²) in [4.78, 5) is 67.1. The predicted octanol–water partition coefficient (Wildman–Crippen LogP) is -1.89. The molecule has 3 amide bonds. The summed E-state index contributed by atoms with van der Waals surface area (Å²) >= 11 is 0. The van der Waals surface area contributed by atoms with Gasteiger partial charge in [0.25, 0.3) is 0 Å². The van der Waals surface area contributed by atoms with Gasteiger partial charge >= 0.3 is 11.9 Å². The predicted molar refractivity (Wildman–Crippen MR) is 122 cm³/mol. The lowest BCUT2D eigenvalue weighted by atomic mass is 9.98. The highest BCUT2D eigenvalue weighted by Crippen LogP contribution is 2.09. The van der Waals surface area contributed by atoms with Crippen LogP contribution in [0.3, 0.4) is 0 Å². The third-order valence-corrected chi connectivity index (χ3v) is 5.46. The first-order valence-corrected chi connectivity index (χ1v) is 11.1. The second kappa shape index (κ2) is 14.0. The average molecular weight is 499 g/mol. The van der Waals surface area contributed by atoms with Gasteiger partial charge in [0.05, 0.1) is 18.5 Å². The fraction of sp³-hybridized carbons (Fsp3) is 0.619. The Morgan fingerprint density at radius 2 is 1.66 bits per heavy atom. The van der Waals surface area contributed by atoms with E-state index in [0.717, 1.165) is 0 Å². The molecule has 0 bridgehead atoms. The van der Waals surface area contributed by atoms with Crippen LogP contribution in [0.1, 0.15) is 45.7 Å². The Kier molecular flexibility index (Phi) is 11.8. The fourth-order valence-corrected chi connectivity index (χ4v) is 3.10. The molecule has 14 heteroatoms. The van der Waals surface area contributed by atoms with Gasteiger partial charge in [-0.15, -0.1) is 0 Å². The zero-order chi connectivity index (χ0) is 26.7. The molecule has 9 N–H and O–H groups in total. The maximum Gasteiger partial charge on any atom is 0.326 e. The lowest BCUT2D eigenvalue weighted by Crippen LogP contribution is -2.60. The number of nitrogens with zero attached hydrogens (tertiary/aromatic N) is 1. The number of hydrogen-bond donors (Lipinski definition) is 8. The van der Waals surface area contributed by atoms with E-state index in [-0.39, 0.29) is 19.3 Å². The summed E-state index contributed by atoms with van der Waals surface area (Å²) in [7, 11) is 0. The molecule has 0 spiro atoms. The number of carboxylic acids is 2. The van der Waals surface area contributed by atoms with E-state index in [1.54, 1.807) is 13.8 Å². The number of rotatable bonds is 15. The van der Waals surface area contributed by atoms with Crippen LogP contribution < -0.4 is 21.7 Å². The molecule has 1 rings (SSSR count). The molecule has 0 fully saturated rings. The van der Waals surface area contributed by atoms with E-state index >= 15 is 0 Å². The number of hydrogen-bond acceptors (Lipinski definition) is 8. The number of nitrogens with one attached hydrogen (secondary N) is 4. The van der Waals surface area contributed by atoms with Gasteiger partial charge in [-0.3, -0.25) is 19.2 Å². The van der Waals surface area contributed by atoms with Gasteiger partial charge in [-0.25, -0.2) is 9.78 Å². The van der Waals surface area contributed by atoms with Crippen LogP contribution in [0.15, 0.2) is 12.5 Å². The summed E-state index contributed by atoms with van der Waals surface area (Å²) in [6.07, 6.45) is 1.25. The quantitative estimate of drug-likeness (QED) is 0.134. The first kappa shape index (κ1) is 29.5. The van der Waals surface area contributed by atoms with Crippen molar-refractivity contribution in [1.29, 1.82) is 0 Å². The number of carbonyl (C=O) groups is 5. The minimum Gasteiger partial charge on any atom is -0.481 e. The minimum atomic E-state index is -1.52. The topological polar surface area (TPSA) is 237 Å². The number of aliphatic carboxylic acids is 2. The highest BCUT2D eigenvalue weighted by molar-refractivity contribution is 5.94. The van der Waals surface area contributed by atoms with Crippen LogP contribution in [0.4, 0.5) is 0 Å². The van der Waals surface area contributed by atoms with Gasteiger partial charge in [-0.05, 0) is 19.3 Å². The van der Waals surface area contributed by atoms with Crippen LogP contribution in [0.2, 0.25) is 0 Å². The first-order valence-electron chi connectivity index (χ1n) is 11.1. The summed E-state index contributed by atoms with van der Waals surface area (Å²) < 4.78 is 0. The Hall–Kier alpha value is -3.52. The lowest BCUT2D eigenvalue weighted by Gasteiger charge is -2.27. The molecule has 0 aliphatic rings. The third-order valence-electron chi connectivity index (χ3n) is 5.46. The number of carboxylic acid groups (broad SMARTS) is 2. The summed E-state index contributed by atoms with van der Waals surface area (Å²) in [5.41, 5.74) is 6.19. The average Bonchev–Trinajstić information content (AvgIpc) is 3.30. The van der Waals surface area contributed by atoms with Crippen molar-refractivity contribution >= 4 is 29.7 Å². The molecule has 1 aromatic heterocycles. The Balaban J connectivity index is 3.02. The van der Waals surface area contributed by atoms with Crippen LogP contribution >= 0.6 is 0 Å². The van der Waals surface area contributed by atoms with Gasteiger partial charge in [0.15, 0.2) is 0 Å². The van der Waals surface area contributed by atoms with Crippen molar-refractivity contribution in [3.8, 4) is 0 Å². The van der Waals surface area contributed by atoms with Crippen molar-refractivity contribution < 1.29 is 39.3 Å². The van der Waals surface area contributed by atoms with E-state index in [4.69, 9.17) is 10.8 Å². The molecule has 0 aromatic carbocycles. The normalized spacial score (nSPS) is 16.1. The number of nitrogens with two attached hydrogens (primary N) is 1. The van der Waals surface area contributed by atoms with Crippen molar-refractivity contribution in [2.75, 3.05) is 0 Å². The number of carbonyl (C=O) groups excluding carboxylic acids is 3. The van der Waals surface area contributed by atoms with Crippen molar-refractivity contribution in [3.63, 3.8) is 0 Å². The number of aromatic nitrogens is 2. The van der Waals surface area contributed by atoms with E-state index in [0.29, 0.717) is 12.1 Å². The van der Waals surface area contributed by atoms with E-state index in [1.165, 1.54) is 19.4 Å². The van der Waals surface area contributed by atoms with Crippen LogP contribution in [0.25, 0.3) is 0 Å². The van der Waals surface area contributed by atoms with Gasteiger partial charge in [0, 0.05) is 24.7 Å². The van der Waals surface area contributed by atoms with Gasteiger partial charge in [-0.1, -0.05) is 20.3 Å². The number of amides is 3. The molecule has 1 aromatic rings. The zero-order valence-corrected chi connectivity index (χ0v) is 19.9. The maximum atomic E-state index is 13.0. The first-order chi connectivity index (χ1) is 16.4. The Morgan fingerprint density at radius 3 is 2.14 bits per heavy atom. The van der Waals surface area contributed by atoms with E-state index in [2.05, 4.69) is 25.9 Å². The van der Waals surface area contributed by atoms with Crippen molar-refractivity contribution in [1.82, 2.24) is 25.9 Å².